The van der Waals surface area contributed by atoms with Crippen LogP contribution in [0.5, 0.6) is 0 Å². The van der Waals surface area contributed by atoms with Gasteiger partial charge >= 0.3 is 11.9 Å². The molecule has 0 spiro atoms. The SMILES string of the molecule is O=C(O)C(F)(F)C1CCCS(=O)(=O)C1. The van der Waals surface area contributed by atoms with Crippen molar-refractivity contribution in [3.05, 3.63) is 0 Å². The van der Waals surface area contributed by atoms with Crippen molar-refractivity contribution in [1.29, 1.82) is 0 Å². The summed E-state index contributed by atoms with van der Waals surface area (Å²) in [6, 6.07) is 0. The summed E-state index contributed by atoms with van der Waals surface area (Å²) in [5, 5.41) is 8.22. The number of alkyl halides is 2. The van der Waals surface area contributed by atoms with Gasteiger partial charge in [-0.15, -0.1) is 0 Å². The zero-order valence-electron chi connectivity index (χ0n) is 7.24. The predicted octanol–water partition coefficient (Wildman–Crippen LogP) is 0.531. The summed E-state index contributed by atoms with van der Waals surface area (Å²) in [6.07, 6.45) is 0.0500. The van der Waals surface area contributed by atoms with Crippen molar-refractivity contribution in [2.45, 2.75) is 18.8 Å². The number of carbonyl (C=O) groups is 1. The summed E-state index contributed by atoms with van der Waals surface area (Å²) in [5.41, 5.74) is 0. The Kier molecular flexibility index (Phi) is 2.80. The van der Waals surface area contributed by atoms with E-state index in [1.807, 2.05) is 0 Å². The first kappa shape index (κ1) is 11.4. The van der Waals surface area contributed by atoms with E-state index in [-0.39, 0.29) is 18.6 Å². The molecular formula is C7H10F2O4S. The van der Waals surface area contributed by atoms with Crippen LogP contribution in [0.2, 0.25) is 0 Å². The molecule has 4 nitrogen and oxygen atoms in total. The largest absolute Gasteiger partial charge is 0.477 e. The van der Waals surface area contributed by atoms with Gasteiger partial charge in [0.1, 0.15) is 0 Å². The maximum absolute atomic E-state index is 12.9. The molecule has 0 bridgehead atoms. The molecule has 1 saturated heterocycles. The highest BCUT2D eigenvalue weighted by Gasteiger charge is 2.50. The van der Waals surface area contributed by atoms with Crippen LogP contribution in [-0.2, 0) is 14.6 Å². The average Bonchev–Trinajstić information content (AvgIpc) is 2.02. The first-order valence-electron chi connectivity index (χ1n) is 4.07. The molecule has 82 valence electrons. The molecule has 0 aromatic heterocycles. The molecule has 0 aromatic rings. The van der Waals surface area contributed by atoms with E-state index >= 15 is 0 Å². The standard InChI is InChI=1S/C7H10F2O4S/c8-7(9,6(10)11)5-2-1-3-14(12,13)4-5/h5H,1-4H2,(H,10,11). The Hall–Kier alpha value is -0.720. The third-order valence-corrected chi connectivity index (χ3v) is 4.08. The maximum Gasteiger partial charge on any atom is 0.374 e. The lowest BCUT2D eigenvalue weighted by Gasteiger charge is -2.26. The van der Waals surface area contributed by atoms with Crippen LogP contribution in [0.25, 0.3) is 0 Å². The molecule has 1 heterocycles. The molecule has 0 aromatic carbocycles. The van der Waals surface area contributed by atoms with E-state index in [1.165, 1.54) is 0 Å². The lowest BCUT2D eigenvalue weighted by Crippen LogP contribution is -2.43. The highest BCUT2D eigenvalue weighted by Crippen LogP contribution is 2.33. The second kappa shape index (κ2) is 3.45. The summed E-state index contributed by atoms with van der Waals surface area (Å²) in [5.74, 6) is -8.63. The molecule has 0 amide bonds. The topological polar surface area (TPSA) is 71.4 Å². The summed E-state index contributed by atoms with van der Waals surface area (Å²) in [7, 11) is -3.49. The third kappa shape index (κ3) is 2.20. The fourth-order valence-electron chi connectivity index (χ4n) is 1.48. The number of halogens is 2. The van der Waals surface area contributed by atoms with Crippen LogP contribution in [0.1, 0.15) is 12.8 Å². The second-order valence-corrected chi connectivity index (χ2v) is 5.61. The first-order valence-corrected chi connectivity index (χ1v) is 5.89. The van der Waals surface area contributed by atoms with E-state index in [0.717, 1.165) is 0 Å². The molecule has 1 rings (SSSR count). The van der Waals surface area contributed by atoms with Crippen LogP contribution in [0.3, 0.4) is 0 Å². The summed E-state index contributed by atoms with van der Waals surface area (Å²) in [6.45, 7) is 0. The van der Waals surface area contributed by atoms with Gasteiger partial charge in [0.05, 0.1) is 11.5 Å². The molecule has 14 heavy (non-hydrogen) atoms. The molecule has 1 fully saturated rings. The van der Waals surface area contributed by atoms with Crippen LogP contribution in [0.15, 0.2) is 0 Å². The van der Waals surface area contributed by atoms with Gasteiger partial charge in [-0.05, 0) is 12.8 Å². The van der Waals surface area contributed by atoms with Gasteiger partial charge in [-0.25, -0.2) is 13.2 Å². The minimum absolute atomic E-state index is 0.0570. The third-order valence-electron chi connectivity index (χ3n) is 2.26. The van der Waals surface area contributed by atoms with E-state index in [4.69, 9.17) is 5.11 Å². The fourth-order valence-corrected chi connectivity index (χ4v) is 3.25. The van der Waals surface area contributed by atoms with Crippen molar-refractivity contribution in [2.75, 3.05) is 11.5 Å². The minimum Gasteiger partial charge on any atom is -0.477 e. The van der Waals surface area contributed by atoms with Gasteiger partial charge in [0.15, 0.2) is 9.84 Å². The Bertz CT molecular complexity index is 336. The Balaban J connectivity index is 2.84. The van der Waals surface area contributed by atoms with Gasteiger partial charge in [0.2, 0.25) is 0 Å². The highest BCUT2D eigenvalue weighted by atomic mass is 32.2. The normalized spacial score (nSPS) is 27.1. The van der Waals surface area contributed by atoms with Crippen LogP contribution in [0, 0.1) is 5.92 Å². The molecule has 0 saturated carbocycles. The molecule has 1 aliphatic rings. The summed E-state index contributed by atoms with van der Waals surface area (Å²) >= 11 is 0. The monoisotopic (exact) mass is 228 g/mol. The quantitative estimate of drug-likeness (QED) is 0.748. The number of carboxylic acid groups (broad SMARTS) is 1. The summed E-state index contributed by atoms with van der Waals surface area (Å²) < 4.78 is 47.8. The van der Waals surface area contributed by atoms with Gasteiger partial charge in [0.25, 0.3) is 0 Å². The first-order chi connectivity index (χ1) is 6.26. The Morgan fingerprint density at radius 1 is 1.43 bits per heavy atom. The minimum atomic E-state index is -3.94. The number of carboxylic acids is 1. The highest BCUT2D eigenvalue weighted by molar-refractivity contribution is 7.91. The average molecular weight is 228 g/mol. The number of hydrogen-bond donors (Lipinski definition) is 1. The van der Waals surface area contributed by atoms with Gasteiger partial charge < -0.3 is 5.11 Å². The second-order valence-electron chi connectivity index (χ2n) is 3.38. The Morgan fingerprint density at radius 3 is 2.43 bits per heavy atom. The Morgan fingerprint density at radius 2 is 2.00 bits per heavy atom. The van der Waals surface area contributed by atoms with Gasteiger partial charge in [-0.1, -0.05) is 0 Å². The molecule has 1 N–H and O–H groups in total. The van der Waals surface area contributed by atoms with Gasteiger partial charge in [-0.2, -0.15) is 8.78 Å². The van der Waals surface area contributed by atoms with E-state index in [1.54, 1.807) is 0 Å². The summed E-state index contributed by atoms with van der Waals surface area (Å²) in [4.78, 5) is 10.2. The van der Waals surface area contributed by atoms with Crippen molar-refractivity contribution in [3.8, 4) is 0 Å². The maximum atomic E-state index is 12.9. The molecule has 1 aliphatic heterocycles. The van der Waals surface area contributed by atoms with Crippen molar-refractivity contribution in [2.24, 2.45) is 5.92 Å². The lowest BCUT2D eigenvalue weighted by atomic mass is 9.98. The van der Waals surface area contributed by atoms with E-state index in [2.05, 4.69) is 0 Å². The van der Waals surface area contributed by atoms with Crippen molar-refractivity contribution in [3.63, 3.8) is 0 Å². The van der Waals surface area contributed by atoms with Crippen LogP contribution < -0.4 is 0 Å². The van der Waals surface area contributed by atoms with E-state index < -0.39 is 33.4 Å². The predicted molar refractivity (Wildman–Crippen MR) is 44.0 cm³/mol. The number of hydrogen-bond acceptors (Lipinski definition) is 3. The van der Waals surface area contributed by atoms with Crippen molar-refractivity contribution < 1.29 is 27.1 Å². The van der Waals surface area contributed by atoms with Crippen LogP contribution >= 0.6 is 0 Å². The Labute approximate surface area is 79.8 Å². The molecule has 7 heteroatoms. The van der Waals surface area contributed by atoms with E-state index in [9.17, 15) is 22.0 Å². The molecular weight excluding hydrogens is 218 g/mol. The molecule has 1 atom stereocenters. The zero-order chi connectivity index (χ0) is 11.0. The molecule has 0 aliphatic carbocycles. The lowest BCUT2D eigenvalue weighted by molar-refractivity contribution is -0.172. The molecule has 1 unspecified atom stereocenters. The number of rotatable bonds is 2. The van der Waals surface area contributed by atoms with Crippen LogP contribution in [-0.4, -0.2) is 36.9 Å². The van der Waals surface area contributed by atoms with Crippen molar-refractivity contribution in [1.82, 2.24) is 0 Å². The van der Waals surface area contributed by atoms with Crippen molar-refractivity contribution >= 4 is 15.8 Å². The number of aliphatic carboxylic acids is 1. The number of sulfone groups is 1. The zero-order valence-corrected chi connectivity index (χ0v) is 8.06. The molecule has 0 radical (unpaired) electrons. The van der Waals surface area contributed by atoms with E-state index in [0.29, 0.717) is 0 Å². The fraction of sp³-hybridized carbons (Fsp3) is 0.857. The van der Waals surface area contributed by atoms with Gasteiger partial charge in [-0.3, -0.25) is 0 Å². The van der Waals surface area contributed by atoms with Gasteiger partial charge in [0, 0.05) is 5.92 Å². The smallest absolute Gasteiger partial charge is 0.374 e. The van der Waals surface area contributed by atoms with Crippen LogP contribution in [0.4, 0.5) is 8.78 Å².